The molecule has 0 N–H and O–H groups in total. The first-order chi connectivity index (χ1) is 9.06. The van der Waals surface area contributed by atoms with Gasteiger partial charge in [0.15, 0.2) is 0 Å². The van der Waals surface area contributed by atoms with E-state index in [2.05, 4.69) is 4.90 Å². The van der Waals surface area contributed by atoms with Gasteiger partial charge in [0.25, 0.3) is 0 Å². The number of hydrogen-bond donors (Lipinski definition) is 0. The molecule has 1 aromatic rings. The van der Waals surface area contributed by atoms with Gasteiger partial charge in [-0.05, 0) is 19.2 Å². The number of piperazine rings is 1. The molecular formula is C12H15N3O3S. The van der Waals surface area contributed by atoms with Crippen LogP contribution in [0.5, 0.6) is 0 Å². The Morgan fingerprint density at radius 3 is 2.63 bits per heavy atom. The Kier molecular flexibility index (Phi) is 4.28. The molecule has 1 aromatic heterocycles. The van der Waals surface area contributed by atoms with E-state index in [1.54, 1.807) is 17.0 Å². The lowest BCUT2D eigenvalue weighted by Gasteiger charge is -2.31. The van der Waals surface area contributed by atoms with Gasteiger partial charge >= 0.3 is 5.00 Å². The zero-order chi connectivity index (χ0) is 13.8. The van der Waals surface area contributed by atoms with E-state index in [1.807, 2.05) is 7.05 Å². The van der Waals surface area contributed by atoms with Gasteiger partial charge in [-0.1, -0.05) is 11.3 Å². The van der Waals surface area contributed by atoms with E-state index in [-0.39, 0.29) is 10.9 Å². The second-order valence-corrected chi connectivity index (χ2v) is 5.49. The molecule has 1 aliphatic rings. The van der Waals surface area contributed by atoms with Crippen molar-refractivity contribution >= 4 is 28.3 Å². The van der Waals surface area contributed by atoms with Crippen LogP contribution in [0.25, 0.3) is 6.08 Å². The third-order valence-electron chi connectivity index (χ3n) is 3.00. The highest BCUT2D eigenvalue weighted by Crippen LogP contribution is 2.24. The molecule has 1 amide bonds. The Hall–Kier alpha value is -1.73. The Bertz CT molecular complexity index is 504. The lowest BCUT2D eigenvalue weighted by molar-refractivity contribution is -0.380. The minimum Gasteiger partial charge on any atom is -0.337 e. The van der Waals surface area contributed by atoms with Gasteiger partial charge in [0.1, 0.15) is 0 Å². The molecule has 7 heteroatoms. The summed E-state index contributed by atoms with van der Waals surface area (Å²) in [7, 11) is 2.03. The van der Waals surface area contributed by atoms with Crippen LogP contribution in [0.3, 0.4) is 0 Å². The van der Waals surface area contributed by atoms with Crippen LogP contribution in [0.2, 0.25) is 0 Å². The highest BCUT2D eigenvalue weighted by Gasteiger charge is 2.17. The number of thiophene rings is 1. The standard InChI is InChI=1S/C12H15N3O3S/c1-13-6-8-14(9-7-13)11(16)4-2-10-3-5-12(19-10)15(17)18/h2-5H,6-9H2,1H3/b4-2+. The zero-order valence-electron chi connectivity index (χ0n) is 10.6. The maximum Gasteiger partial charge on any atom is 0.324 e. The van der Waals surface area contributed by atoms with Crippen molar-refractivity contribution in [1.29, 1.82) is 0 Å². The summed E-state index contributed by atoms with van der Waals surface area (Å²) in [6, 6.07) is 3.10. The predicted octanol–water partition coefficient (Wildman–Crippen LogP) is 1.44. The van der Waals surface area contributed by atoms with E-state index in [0.29, 0.717) is 4.88 Å². The van der Waals surface area contributed by atoms with Crippen LogP contribution in [0.1, 0.15) is 4.88 Å². The molecule has 2 rings (SSSR count). The maximum absolute atomic E-state index is 11.9. The van der Waals surface area contributed by atoms with Crippen molar-refractivity contribution in [3.05, 3.63) is 33.2 Å². The molecule has 0 saturated carbocycles. The Morgan fingerprint density at radius 2 is 2.05 bits per heavy atom. The highest BCUT2D eigenvalue weighted by molar-refractivity contribution is 7.16. The molecule has 1 aliphatic heterocycles. The van der Waals surface area contributed by atoms with Gasteiger partial charge in [-0.15, -0.1) is 0 Å². The maximum atomic E-state index is 11.9. The Balaban J connectivity index is 1.94. The molecule has 0 spiro atoms. The number of nitrogens with zero attached hydrogens (tertiary/aromatic N) is 3. The van der Waals surface area contributed by atoms with Crippen LogP contribution >= 0.6 is 11.3 Å². The predicted molar refractivity (Wildman–Crippen MR) is 74.1 cm³/mol. The molecule has 2 heterocycles. The summed E-state index contributed by atoms with van der Waals surface area (Å²) >= 11 is 1.07. The molecule has 6 nitrogen and oxygen atoms in total. The Morgan fingerprint density at radius 1 is 1.37 bits per heavy atom. The van der Waals surface area contributed by atoms with Crippen LogP contribution in [0.4, 0.5) is 5.00 Å². The number of rotatable bonds is 3. The first-order valence-corrected chi connectivity index (χ1v) is 6.77. The fraction of sp³-hybridized carbons (Fsp3) is 0.417. The summed E-state index contributed by atoms with van der Waals surface area (Å²) in [5.74, 6) is -0.0378. The summed E-state index contributed by atoms with van der Waals surface area (Å²) in [6.07, 6.45) is 3.12. The van der Waals surface area contributed by atoms with E-state index in [4.69, 9.17) is 0 Å². The van der Waals surface area contributed by atoms with Gasteiger partial charge in [0.05, 0.1) is 4.92 Å². The van der Waals surface area contributed by atoms with E-state index < -0.39 is 4.92 Å². The minimum absolute atomic E-state index is 0.0378. The molecule has 102 valence electrons. The summed E-state index contributed by atoms with van der Waals surface area (Å²) in [5.41, 5.74) is 0. The van der Waals surface area contributed by atoms with Crippen molar-refractivity contribution in [3.63, 3.8) is 0 Å². The molecule has 0 bridgehead atoms. The molecule has 19 heavy (non-hydrogen) atoms. The quantitative estimate of drug-likeness (QED) is 0.478. The summed E-state index contributed by atoms with van der Waals surface area (Å²) in [6.45, 7) is 3.21. The Labute approximate surface area is 115 Å². The number of nitro groups is 1. The zero-order valence-corrected chi connectivity index (χ0v) is 11.4. The number of likely N-dealkylation sites (N-methyl/N-ethyl adjacent to an activating group) is 1. The topological polar surface area (TPSA) is 66.7 Å². The van der Waals surface area contributed by atoms with Gasteiger partial charge < -0.3 is 9.80 Å². The number of carbonyl (C=O) groups excluding carboxylic acids is 1. The average Bonchev–Trinajstić information content (AvgIpc) is 2.86. The largest absolute Gasteiger partial charge is 0.337 e. The van der Waals surface area contributed by atoms with Crippen molar-refractivity contribution in [1.82, 2.24) is 9.80 Å². The number of hydrogen-bond acceptors (Lipinski definition) is 5. The SMILES string of the molecule is CN1CCN(C(=O)/C=C/c2ccc([N+](=O)[O-])s2)CC1. The van der Waals surface area contributed by atoms with Gasteiger partial charge in [0, 0.05) is 43.2 Å². The minimum atomic E-state index is -0.426. The molecule has 1 fully saturated rings. The normalized spacial score (nSPS) is 17.0. The number of amides is 1. The fourth-order valence-corrected chi connectivity index (χ4v) is 2.54. The summed E-state index contributed by atoms with van der Waals surface area (Å²) in [4.78, 5) is 26.7. The lowest BCUT2D eigenvalue weighted by Crippen LogP contribution is -2.46. The second-order valence-electron chi connectivity index (χ2n) is 4.40. The van der Waals surface area contributed by atoms with Gasteiger partial charge in [0.2, 0.25) is 5.91 Å². The first kappa shape index (κ1) is 13.7. The molecule has 0 radical (unpaired) electrons. The number of carbonyl (C=O) groups is 1. The lowest BCUT2D eigenvalue weighted by atomic mass is 10.3. The molecule has 0 aliphatic carbocycles. The van der Waals surface area contributed by atoms with Crippen LogP contribution < -0.4 is 0 Å². The average molecular weight is 281 g/mol. The van der Waals surface area contributed by atoms with Crippen LogP contribution in [0.15, 0.2) is 18.2 Å². The summed E-state index contributed by atoms with van der Waals surface area (Å²) in [5, 5.41) is 10.6. The van der Waals surface area contributed by atoms with Crippen LogP contribution in [0, 0.1) is 10.1 Å². The molecule has 0 aromatic carbocycles. The van der Waals surface area contributed by atoms with Crippen LogP contribution in [-0.2, 0) is 4.79 Å². The van der Waals surface area contributed by atoms with Gasteiger partial charge in [-0.25, -0.2) is 0 Å². The molecular weight excluding hydrogens is 266 g/mol. The van der Waals surface area contributed by atoms with Crippen molar-refractivity contribution in [2.75, 3.05) is 33.2 Å². The van der Waals surface area contributed by atoms with Crippen molar-refractivity contribution in [2.24, 2.45) is 0 Å². The third kappa shape index (κ3) is 3.62. The van der Waals surface area contributed by atoms with Crippen molar-refractivity contribution < 1.29 is 9.72 Å². The van der Waals surface area contributed by atoms with Crippen molar-refractivity contribution in [2.45, 2.75) is 0 Å². The van der Waals surface area contributed by atoms with E-state index in [9.17, 15) is 14.9 Å². The smallest absolute Gasteiger partial charge is 0.324 e. The highest BCUT2D eigenvalue weighted by atomic mass is 32.1. The van der Waals surface area contributed by atoms with E-state index in [0.717, 1.165) is 37.5 Å². The molecule has 1 saturated heterocycles. The van der Waals surface area contributed by atoms with E-state index >= 15 is 0 Å². The van der Waals surface area contributed by atoms with E-state index in [1.165, 1.54) is 12.1 Å². The molecule has 0 atom stereocenters. The molecule has 0 unspecified atom stereocenters. The fourth-order valence-electron chi connectivity index (χ4n) is 1.82. The summed E-state index contributed by atoms with van der Waals surface area (Å²) < 4.78 is 0. The van der Waals surface area contributed by atoms with Gasteiger partial charge in [-0.3, -0.25) is 14.9 Å². The van der Waals surface area contributed by atoms with Crippen LogP contribution in [-0.4, -0.2) is 53.9 Å². The first-order valence-electron chi connectivity index (χ1n) is 5.96. The third-order valence-corrected chi connectivity index (χ3v) is 4.00. The van der Waals surface area contributed by atoms with Crippen molar-refractivity contribution in [3.8, 4) is 0 Å². The monoisotopic (exact) mass is 281 g/mol. The second kappa shape index (κ2) is 5.94. The van der Waals surface area contributed by atoms with Gasteiger partial charge in [-0.2, -0.15) is 0 Å².